The third-order valence-corrected chi connectivity index (χ3v) is 5.31. The Morgan fingerprint density at radius 3 is 2.58 bits per heavy atom. The molecule has 0 unspecified atom stereocenters. The second-order valence-corrected chi connectivity index (χ2v) is 7.73. The van der Waals surface area contributed by atoms with Crippen LogP contribution >= 0.6 is 11.6 Å². The van der Waals surface area contributed by atoms with E-state index < -0.39 is 11.7 Å². The maximum Gasteiger partial charge on any atom is 0.279 e. The molecule has 0 bridgehead atoms. The molecule has 0 saturated heterocycles. The van der Waals surface area contributed by atoms with Crippen LogP contribution in [0.25, 0.3) is 0 Å². The van der Waals surface area contributed by atoms with E-state index in [-0.39, 0.29) is 18.1 Å². The molecule has 4 aromatic rings. The maximum absolute atomic E-state index is 13.3. The monoisotopic (exact) mass is 472 g/mol. The number of anilines is 1. The lowest BCUT2D eigenvalue weighted by molar-refractivity contribution is 0.101. The van der Waals surface area contributed by atoms with E-state index in [0.717, 1.165) is 5.69 Å². The van der Waals surface area contributed by atoms with Gasteiger partial charge in [0, 0.05) is 16.8 Å². The SMILES string of the molecule is Cc1onc(C(=O)Nc2cc(C)n(Cc3ccc(F)cc3Cl)n2)c1COc1ccc(F)cc1. The summed E-state index contributed by atoms with van der Waals surface area (Å²) in [5.41, 5.74) is 1.98. The number of carbonyl (C=O) groups excluding carboxylic acids is 1. The highest BCUT2D eigenvalue weighted by Crippen LogP contribution is 2.22. The van der Waals surface area contributed by atoms with Crippen molar-refractivity contribution in [3.05, 3.63) is 93.5 Å². The number of hydrogen-bond donors (Lipinski definition) is 1. The van der Waals surface area contributed by atoms with Crippen molar-refractivity contribution in [1.29, 1.82) is 0 Å². The number of carbonyl (C=O) groups is 1. The zero-order valence-corrected chi connectivity index (χ0v) is 18.5. The van der Waals surface area contributed by atoms with Crippen LogP contribution in [0.2, 0.25) is 5.02 Å². The Kier molecular flexibility index (Phi) is 6.41. The maximum atomic E-state index is 13.3. The van der Waals surface area contributed by atoms with Crippen molar-refractivity contribution in [2.75, 3.05) is 5.32 Å². The Hall–Kier alpha value is -3.72. The summed E-state index contributed by atoms with van der Waals surface area (Å²) < 4.78 is 38.8. The van der Waals surface area contributed by atoms with Crippen molar-refractivity contribution in [3.63, 3.8) is 0 Å². The van der Waals surface area contributed by atoms with Gasteiger partial charge in [-0.25, -0.2) is 8.78 Å². The predicted molar refractivity (Wildman–Crippen MR) is 117 cm³/mol. The van der Waals surface area contributed by atoms with Crippen LogP contribution < -0.4 is 10.1 Å². The van der Waals surface area contributed by atoms with Gasteiger partial charge in [-0.3, -0.25) is 9.48 Å². The van der Waals surface area contributed by atoms with Crippen molar-refractivity contribution >= 4 is 23.3 Å². The minimum Gasteiger partial charge on any atom is -0.489 e. The standard InChI is InChI=1S/C23H19ClF2N4O3/c1-13-9-21(28-30(13)11-15-3-4-17(26)10-20(15)24)27-23(31)22-19(14(2)33-29-22)12-32-18-7-5-16(25)6-8-18/h3-10H,11-12H2,1-2H3,(H,27,28,31). The molecule has 0 fully saturated rings. The zero-order valence-electron chi connectivity index (χ0n) is 17.7. The summed E-state index contributed by atoms with van der Waals surface area (Å²) in [4.78, 5) is 12.8. The van der Waals surface area contributed by atoms with Gasteiger partial charge >= 0.3 is 0 Å². The van der Waals surface area contributed by atoms with E-state index in [9.17, 15) is 13.6 Å². The van der Waals surface area contributed by atoms with Crippen LogP contribution in [0.15, 0.2) is 53.1 Å². The summed E-state index contributed by atoms with van der Waals surface area (Å²) in [7, 11) is 0. The first-order valence-electron chi connectivity index (χ1n) is 9.93. The van der Waals surface area contributed by atoms with Gasteiger partial charge in [-0.15, -0.1) is 0 Å². The lowest BCUT2D eigenvalue weighted by Gasteiger charge is -2.07. The van der Waals surface area contributed by atoms with Crippen LogP contribution in [0.3, 0.4) is 0 Å². The van der Waals surface area contributed by atoms with E-state index in [1.165, 1.54) is 36.4 Å². The van der Waals surface area contributed by atoms with Gasteiger partial charge in [-0.1, -0.05) is 22.8 Å². The van der Waals surface area contributed by atoms with Crippen LogP contribution in [-0.4, -0.2) is 20.8 Å². The number of aromatic nitrogens is 3. The number of benzene rings is 2. The lowest BCUT2D eigenvalue weighted by atomic mass is 10.2. The van der Waals surface area contributed by atoms with Gasteiger partial charge in [0.25, 0.3) is 5.91 Å². The molecule has 4 rings (SSSR count). The second-order valence-electron chi connectivity index (χ2n) is 7.33. The van der Waals surface area contributed by atoms with Crippen molar-refractivity contribution in [3.8, 4) is 5.75 Å². The van der Waals surface area contributed by atoms with Gasteiger partial charge in [0.1, 0.15) is 29.8 Å². The molecule has 1 N–H and O–H groups in total. The molecular formula is C23H19ClF2N4O3. The van der Waals surface area contributed by atoms with Crippen molar-refractivity contribution in [2.45, 2.75) is 27.0 Å². The molecule has 2 aromatic carbocycles. The average Bonchev–Trinajstić information content (AvgIpc) is 3.31. The van der Waals surface area contributed by atoms with Crippen LogP contribution in [-0.2, 0) is 13.2 Å². The molecule has 0 aliphatic carbocycles. The Balaban J connectivity index is 1.46. The quantitative estimate of drug-likeness (QED) is 0.394. The molecule has 0 radical (unpaired) electrons. The van der Waals surface area contributed by atoms with Crippen molar-refractivity contribution in [1.82, 2.24) is 14.9 Å². The molecule has 170 valence electrons. The van der Waals surface area contributed by atoms with Gasteiger partial charge < -0.3 is 14.6 Å². The van der Waals surface area contributed by atoms with Crippen LogP contribution in [0.5, 0.6) is 5.75 Å². The average molecular weight is 473 g/mol. The lowest BCUT2D eigenvalue weighted by Crippen LogP contribution is -2.16. The Labute approximate surface area is 192 Å². The summed E-state index contributed by atoms with van der Waals surface area (Å²) in [6.45, 7) is 3.81. The van der Waals surface area contributed by atoms with E-state index in [4.69, 9.17) is 20.9 Å². The van der Waals surface area contributed by atoms with E-state index >= 15 is 0 Å². The predicted octanol–water partition coefficient (Wildman–Crippen LogP) is 5.30. The minimum absolute atomic E-state index is 0.0141. The summed E-state index contributed by atoms with van der Waals surface area (Å²) in [6, 6.07) is 11.4. The zero-order chi connectivity index (χ0) is 23.5. The Morgan fingerprint density at radius 1 is 1.12 bits per heavy atom. The summed E-state index contributed by atoms with van der Waals surface area (Å²) in [5, 5.41) is 11.2. The number of aryl methyl sites for hydroxylation is 2. The topological polar surface area (TPSA) is 82.2 Å². The molecule has 33 heavy (non-hydrogen) atoms. The first-order valence-corrected chi connectivity index (χ1v) is 10.3. The number of halogens is 3. The fourth-order valence-corrected chi connectivity index (χ4v) is 3.37. The number of rotatable bonds is 7. The highest BCUT2D eigenvalue weighted by atomic mass is 35.5. The number of nitrogens with one attached hydrogen (secondary N) is 1. The minimum atomic E-state index is -0.519. The molecule has 0 aliphatic heterocycles. The van der Waals surface area contributed by atoms with Crippen LogP contribution in [0.4, 0.5) is 14.6 Å². The largest absolute Gasteiger partial charge is 0.489 e. The van der Waals surface area contributed by atoms with E-state index in [0.29, 0.717) is 40.0 Å². The van der Waals surface area contributed by atoms with Gasteiger partial charge in [0.2, 0.25) is 0 Å². The molecule has 10 heteroatoms. The fraction of sp³-hybridized carbons (Fsp3) is 0.174. The summed E-state index contributed by atoms with van der Waals surface area (Å²) in [6.07, 6.45) is 0. The molecule has 1 amide bonds. The van der Waals surface area contributed by atoms with Gasteiger partial charge in [-0.2, -0.15) is 5.10 Å². The third kappa shape index (κ3) is 5.20. The van der Waals surface area contributed by atoms with Crippen molar-refractivity contribution < 1.29 is 22.8 Å². The Bertz CT molecular complexity index is 1300. The van der Waals surface area contributed by atoms with Gasteiger partial charge in [-0.05, 0) is 55.8 Å². The smallest absolute Gasteiger partial charge is 0.279 e. The van der Waals surface area contributed by atoms with Gasteiger partial charge in [0.15, 0.2) is 11.5 Å². The van der Waals surface area contributed by atoms with Crippen LogP contribution in [0.1, 0.15) is 33.1 Å². The molecule has 0 atom stereocenters. The molecule has 0 spiro atoms. The van der Waals surface area contributed by atoms with Gasteiger partial charge in [0.05, 0.1) is 12.1 Å². The molecular weight excluding hydrogens is 454 g/mol. The number of hydrogen-bond acceptors (Lipinski definition) is 5. The van der Waals surface area contributed by atoms with E-state index in [1.807, 2.05) is 6.92 Å². The second kappa shape index (κ2) is 9.41. The van der Waals surface area contributed by atoms with Crippen LogP contribution in [0, 0.1) is 25.5 Å². The van der Waals surface area contributed by atoms with Crippen molar-refractivity contribution in [2.24, 2.45) is 0 Å². The Morgan fingerprint density at radius 2 is 1.85 bits per heavy atom. The molecule has 0 saturated carbocycles. The first kappa shape index (κ1) is 22.5. The number of amides is 1. The fourth-order valence-electron chi connectivity index (χ4n) is 3.14. The normalized spacial score (nSPS) is 10.9. The van der Waals surface area contributed by atoms with E-state index in [1.54, 1.807) is 23.7 Å². The summed E-state index contributed by atoms with van der Waals surface area (Å²) >= 11 is 6.10. The highest BCUT2D eigenvalue weighted by Gasteiger charge is 2.22. The summed E-state index contributed by atoms with van der Waals surface area (Å²) in [5.74, 6) is -0.140. The highest BCUT2D eigenvalue weighted by molar-refractivity contribution is 6.31. The molecule has 0 aliphatic rings. The number of ether oxygens (including phenoxy) is 1. The first-order chi connectivity index (χ1) is 15.8. The molecule has 2 aromatic heterocycles. The number of nitrogens with zero attached hydrogens (tertiary/aromatic N) is 3. The van der Waals surface area contributed by atoms with E-state index in [2.05, 4.69) is 15.6 Å². The molecule has 2 heterocycles. The third-order valence-electron chi connectivity index (χ3n) is 4.95. The molecule has 7 nitrogen and oxygen atoms in total.